The van der Waals surface area contributed by atoms with Crippen LogP contribution in [0.2, 0.25) is 0 Å². The summed E-state index contributed by atoms with van der Waals surface area (Å²) in [6, 6.07) is 11.6. The SMILES string of the molecule is COc1ccc(CSCC(=O)Nc2cc(C)ccc2OC)cc1Br. The highest BCUT2D eigenvalue weighted by molar-refractivity contribution is 9.10. The van der Waals surface area contributed by atoms with Gasteiger partial charge in [-0.3, -0.25) is 4.79 Å². The molecule has 0 heterocycles. The number of methoxy groups -OCH3 is 2. The number of ether oxygens (including phenoxy) is 2. The van der Waals surface area contributed by atoms with E-state index in [4.69, 9.17) is 9.47 Å². The number of amides is 1. The molecule has 2 rings (SSSR count). The second-order valence-electron chi connectivity index (χ2n) is 5.21. The number of carbonyl (C=O) groups is 1. The van der Waals surface area contributed by atoms with Crippen molar-refractivity contribution in [2.75, 3.05) is 25.3 Å². The van der Waals surface area contributed by atoms with Crippen molar-refractivity contribution >= 4 is 39.3 Å². The maximum absolute atomic E-state index is 12.1. The molecular formula is C18H20BrNO3S. The van der Waals surface area contributed by atoms with Crippen molar-refractivity contribution in [1.29, 1.82) is 0 Å². The monoisotopic (exact) mass is 409 g/mol. The molecule has 1 N–H and O–H groups in total. The lowest BCUT2D eigenvalue weighted by Crippen LogP contribution is -2.15. The summed E-state index contributed by atoms with van der Waals surface area (Å²) in [5, 5.41) is 2.90. The number of aryl methyl sites for hydroxylation is 1. The lowest BCUT2D eigenvalue weighted by atomic mass is 10.2. The van der Waals surface area contributed by atoms with Crippen LogP contribution in [0.3, 0.4) is 0 Å². The first-order valence-electron chi connectivity index (χ1n) is 7.38. The van der Waals surface area contributed by atoms with Gasteiger partial charge in [-0.1, -0.05) is 12.1 Å². The topological polar surface area (TPSA) is 47.6 Å². The Hall–Kier alpha value is -1.66. The Kier molecular flexibility index (Phi) is 6.99. The van der Waals surface area contributed by atoms with Gasteiger partial charge in [0.2, 0.25) is 5.91 Å². The molecule has 0 radical (unpaired) electrons. The molecule has 0 saturated heterocycles. The van der Waals surface area contributed by atoms with E-state index in [1.807, 2.05) is 43.3 Å². The van der Waals surface area contributed by atoms with Crippen LogP contribution in [-0.4, -0.2) is 25.9 Å². The lowest BCUT2D eigenvalue weighted by Gasteiger charge is -2.11. The predicted molar refractivity (Wildman–Crippen MR) is 103 cm³/mol. The van der Waals surface area contributed by atoms with Crippen molar-refractivity contribution < 1.29 is 14.3 Å². The Balaban J connectivity index is 1.88. The van der Waals surface area contributed by atoms with Gasteiger partial charge in [-0.2, -0.15) is 0 Å². The van der Waals surface area contributed by atoms with Gasteiger partial charge in [-0.25, -0.2) is 0 Å². The van der Waals surface area contributed by atoms with Crippen LogP contribution in [0.1, 0.15) is 11.1 Å². The summed E-state index contributed by atoms with van der Waals surface area (Å²) >= 11 is 5.03. The minimum atomic E-state index is -0.0449. The average molecular weight is 410 g/mol. The van der Waals surface area contributed by atoms with Crippen molar-refractivity contribution in [3.63, 3.8) is 0 Å². The summed E-state index contributed by atoms with van der Waals surface area (Å²) in [6.45, 7) is 1.98. The fourth-order valence-corrected chi connectivity index (χ4v) is 3.53. The van der Waals surface area contributed by atoms with Gasteiger partial charge >= 0.3 is 0 Å². The van der Waals surface area contributed by atoms with E-state index in [-0.39, 0.29) is 5.91 Å². The molecule has 0 unspecified atom stereocenters. The number of anilines is 1. The fourth-order valence-electron chi connectivity index (χ4n) is 2.17. The zero-order valence-corrected chi connectivity index (χ0v) is 16.3. The van der Waals surface area contributed by atoms with Crippen molar-refractivity contribution in [2.45, 2.75) is 12.7 Å². The zero-order valence-electron chi connectivity index (χ0n) is 13.9. The number of rotatable bonds is 7. The van der Waals surface area contributed by atoms with E-state index in [1.165, 1.54) is 0 Å². The third kappa shape index (κ3) is 5.18. The van der Waals surface area contributed by atoms with Crippen molar-refractivity contribution in [3.05, 3.63) is 52.0 Å². The molecule has 0 atom stereocenters. The molecule has 0 saturated carbocycles. The molecule has 6 heteroatoms. The smallest absolute Gasteiger partial charge is 0.234 e. The first-order valence-corrected chi connectivity index (χ1v) is 9.33. The second kappa shape index (κ2) is 8.99. The van der Waals surface area contributed by atoms with E-state index in [9.17, 15) is 4.79 Å². The van der Waals surface area contributed by atoms with Crippen LogP contribution in [0.15, 0.2) is 40.9 Å². The first kappa shape index (κ1) is 18.7. The van der Waals surface area contributed by atoms with E-state index < -0.39 is 0 Å². The van der Waals surface area contributed by atoms with E-state index >= 15 is 0 Å². The minimum Gasteiger partial charge on any atom is -0.496 e. The molecule has 0 aromatic heterocycles. The summed E-state index contributed by atoms with van der Waals surface area (Å²) < 4.78 is 11.4. The molecule has 24 heavy (non-hydrogen) atoms. The third-order valence-electron chi connectivity index (χ3n) is 3.35. The zero-order chi connectivity index (χ0) is 17.5. The maximum Gasteiger partial charge on any atom is 0.234 e. The number of halogens is 1. The third-order valence-corrected chi connectivity index (χ3v) is 4.97. The summed E-state index contributed by atoms with van der Waals surface area (Å²) in [5.41, 5.74) is 2.91. The number of nitrogens with one attached hydrogen (secondary N) is 1. The molecule has 4 nitrogen and oxygen atoms in total. The summed E-state index contributed by atoms with van der Waals surface area (Å²) in [4.78, 5) is 12.1. The van der Waals surface area contributed by atoms with E-state index in [1.54, 1.807) is 26.0 Å². The number of carbonyl (C=O) groups excluding carboxylic acids is 1. The van der Waals surface area contributed by atoms with Crippen LogP contribution < -0.4 is 14.8 Å². The van der Waals surface area contributed by atoms with Crippen LogP contribution in [0.4, 0.5) is 5.69 Å². The molecule has 0 aliphatic carbocycles. The standard InChI is InChI=1S/C18H20BrNO3S/c1-12-4-6-17(23-3)15(8-12)20-18(21)11-24-10-13-5-7-16(22-2)14(19)9-13/h4-9H,10-11H2,1-3H3,(H,20,21). The molecule has 128 valence electrons. The molecule has 0 bridgehead atoms. The van der Waals surface area contributed by atoms with Gasteiger partial charge in [0.15, 0.2) is 0 Å². The van der Waals surface area contributed by atoms with Gasteiger partial charge < -0.3 is 14.8 Å². The van der Waals surface area contributed by atoms with Gasteiger partial charge in [0.05, 0.1) is 30.1 Å². The van der Waals surface area contributed by atoms with Gasteiger partial charge in [-0.15, -0.1) is 11.8 Å². The highest BCUT2D eigenvalue weighted by atomic mass is 79.9. The summed E-state index contributed by atoms with van der Waals surface area (Å²) in [6.07, 6.45) is 0. The highest BCUT2D eigenvalue weighted by Crippen LogP contribution is 2.28. The van der Waals surface area contributed by atoms with Gasteiger partial charge in [0.1, 0.15) is 11.5 Å². The summed E-state index contributed by atoms with van der Waals surface area (Å²) in [5.74, 6) is 2.55. The Morgan fingerprint density at radius 3 is 2.50 bits per heavy atom. The normalized spacial score (nSPS) is 10.3. The Labute approximate surface area is 155 Å². The maximum atomic E-state index is 12.1. The van der Waals surface area contributed by atoms with Crippen LogP contribution >= 0.6 is 27.7 Å². The van der Waals surface area contributed by atoms with Crippen molar-refractivity contribution in [2.24, 2.45) is 0 Å². The second-order valence-corrected chi connectivity index (χ2v) is 7.05. The molecule has 2 aromatic rings. The number of hydrogen-bond acceptors (Lipinski definition) is 4. The molecule has 2 aromatic carbocycles. The van der Waals surface area contributed by atoms with Crippen LogP contribution in [-0.2, 0) is 10.5 Å². The van der Waals surface area contributed by atoms with Crippen LogP contribution in [0.25, 0.3) is 0 Å². The number of benzene rings is 2. The molecule has 0 aliphatic heterocycles. The van der Waals surface area contributed by atoms with Crippen molar-refractivity contribution in [3.8, 4) is 11.5 Å². The van der Waals surface area contributed by atoms with E-state index in [0.717, 1.165) is 27.1 Å². The Morgan fingerprint density at radius 1 is 1.12 bits per heavy atom. The quantitative estimate of drug-likeness (QED) is 0.722. The predicted octanol–water partition coefficient (Wildman–Crippen LogP) is 4.65. The van der Waals surface area contributed by atoms with E-state index in [0.29, 0.717) is 17.2 Å². The lowest BCUT2D eigenvalue weighted by molar-refractivity contribution is -0.113. The largest absolute Gasteiger partial charge is 0.496 e. The minimum absolute atomic E-state index is 0.0449. The fraction of sp³-hybridized carbons (Fsp3) is 0.278. The molecule has 0 spiro atoms. The molecule has 1 amide bonds. The molecule has 0 fully saturated rings. The van der Waals surface area contributed by atoms with Crippen LogP contribution in [0.5, 0.6) is 11.5 Å². The van der Waals surface area contributed by atoms with Crippen molar-refractivity contribution in [1.82, 2.24) is 0 Å². The van der Waals surface area contributed by atoms with E-state index in [2.05, 4.69) is 21.2 Å². The summed E-state index contributed by atoms with van der Waals surface area (Å²) in [7, 11) is 3.23. The Morgan fingerprint density at radius 2 is 1.83 bits per heavy atom. The number of hydrogen-bond donors (Lipinski definition) is 1. The molecular weight excluding hydrogens is 390 g/mol. The Bertz CT molecular complexity index is 721. The number of thioether (sulfide) groups is 1. The average Bonchev–Trinajstić information content (AvgIpc) is 2.55. The first-order chi connectivity index (χ1) is 11.5. The van der Waals surface area contributed by atoms with Gasteiger partial charge in [0.25, 0.3) is 0 Å². The van der Waals surface area contributed by atoms with Crippen LogP contribution in [0, 0.1) is 6.92 Å². The molecule has 0 aliphatic rings. The highest BCUT2D eigenvalue weighted by Gasteiger charge is 2.08. The van der Waals surface area contributed by atoms with Gasteiger partial charge in [-0.05, 0) is 58.2 Å². The van der Waals surface area contributed by atoms with Gasteiger partial charge in [0, 0.05) is 5.75 Å².